The lowest BCUT2D eigenvalue weighted by atomic mass is 10.1. The molecule has 3 heterocycles. The van der Waals surface area contributed by atoms with Gasteiger partial charge in [-0.1, -0.05) is 12.1 Å². The monoisotopic (exact) mass is 410 g/mol. The van der Waals surface area contributed by atoms with Crippen molar-refractivity contribution in [1.82, 2.24) is 14.7 Å². The van der Waals surface area contributed by atoms with Crippen LogP contribution in [-0.4, -0.2) is 76.2 Å². The van der Waals surface area contributed by atoms with E-state index < -0.39 is 18.0 Å². The lowest BCUT2D eigenvalue weighted by Crippen LogP contribution is -2.56. The van der Waals surface area contributed by atoms with Crippen LogP contribution in [-0.2, 0) is 16.1 Å². The van der Waals surface area contributed by atoms with Crippen molar-refractivity contribution in [3.63, 3.8) is 0 Å². The molecule has 0 radical (unpaired) electrons. The van der Waals surface area contributed by atoms with Crippen LogP contribution in [0.4, 0.5) is 0 Å². The minimum absolute atomic E-state index is 0.0425. The van der Waals surface area contributed by atoms with Crippen molar-refractivity contribution in [2.24, 2.45) is 11.5 Å². The number of likely N-dealkylation sites (tertiary alicyclic amines) is 3. The van der Waals surface area contributed by atoms with Gasteiger partial charge in [-0.15, -0.1) is 0 Å². The molecule has 4 N–H and O–H groups in total. The number of fused-ring (bicyclic) bond motifs is 2. The predicted molar refractivity (Wildman–Crippen MR) is 108 cm³/mol. The summed E-state index contributed by atoms with van der Waals surface area (Å²) in [4.78, 5) is 42.2. The van der Waals surface area contributed by atoms with Gasteiger partial charge in [0, 0.05) is 37.8 Å². The standard InChI is InChI=1S/C21H26N6O3/c22-9-15-2-1-7-26(15)20(29)17(23)12-25-11-16-8-18(25)21(30)27(16)10-13-3-5-14(6-4-13)19(24)28/h3-6,15-18H,1-2,7-8,10-12,23H2,(H2,24,28)/t15-,16-,17-,18-/m0/s1. The average Bonchev–Trinajstić information content (AvgIpc) is 3.44. The second-order valence-corrected chi connectivity index (χ2v) is 8.31. The summed E-state index contributed by atoms with van der Waals surface area (Å²) in [6.45, 7) is 2.05. The summed E-state index contributed by atoms with van der Waals surface area (Å²) < 4.78 is 0. The molecular formula is C21H26N6O3. The number of carbonyl (C=O) groups is 3. The van der Waals surface area contributed by atoms with E-state index in [0.29, 0.717) is 38.2 Å². The molecule has 4 rings (SSSR count). The molecule has 3 amide bonds. The van der Waals surface area contributed by atoms with Crippen LogP contribution >= 0.6 is 0 Å². The quantitative estimate of drug-likeness (QED) is 0.643. The van der Waals surface area contributed by atoms with Crippen molar-refractivity contribution in [2.75, 3.05) is 19.6 Å². The van der Waals surface area contributed by atoms with Crippen LogP contribution in [0.15, 0.2) is 24.3 Å². The van der Waals surface area contributed by atoms with Crippen LogP contribution in [0.25, 0.3) is 0 Å². The third kappa shape index (κ3) is 3.64. The van der Waals surface area contributed by atoms with E-state index in [0.717, 1.165) is 18.4 Å². The summed E-state index contributed by atoms with van der Waals surface area (Å²) in [7, 11) is 0. The maximum Gasteiger partial charge on any atom is 0.248 e. The van der Waals surface area contributed by atoms with Gasteiger partial charge in [0.1, 0.15) is 6.04 Å². The van der Waals surface area contributed by atoms with Gasteiger partial charge in [-0.05, 0) is 37.0 Å². The third-order valence-corrected chi connectivity index (χ3v) is 6.41. The lowest BCUT2D eigenvalue weighted by Gasteiger charge is -2.35. The molecule has 9 nitrogen and oxygen atoms in total. The molecule has 3 fully saturated rings. The zero-order chi connectivity index (χ0) is 21.4. The Bertz CT molecular complexity index is 895. The minimum atomic E-state index is -0.735. The molecule has 4 atom stereocenters. The van der Waals surface area contributed by atoms with Crippen LogP contribution < -0.4 is 11.5 Å². The van der Waals surface area contributed by atoms with E-state index in [1.165, 1.54) is 0 Å². The summed E-state index contributed by atoms with van der Waals surface area (Å²) in [5.41, 5.74) is 12.8. The molecule has 30 heavy (non-hydrogen) atoms. The van der Waals surface area contributed by atoms with E-state index in [-0.39, 0.29) is 23.9 Å². The molecule has 1 aromatic carbocycles. The van der Waals surface area contributed by atoms with E-state index in [9.17, 15) is 19.6 Å². The smallest absolute Gasteiger partial charge is 0.248 e. The van der Waals surface area contributed by atoms with E-state index in [1.54, 1.807) is 17.0 Å². The summed E-state index contributed by atoms with van der Waals surface area (Å²) >= 11 is 0. The van der Waals surface area contributed by atoms with Crippen molar-refractivity contribution in [2.45, 2.75) is 50.0 Å². The van der Waals surface area contributed by atoms with Crippen molar-refractivity contribution < 1.29 is 14.4 Å². The largest absolute Gasteiger partial charge is 0.366 e. The highest BCUT2D eigenvalue weighted by Crippen LogP contribution is 2.33. The Balaban J connectivity index is 1.35. The van der Waals surface area contributed by atoms with Crippen molar-refractivity contribution in [3.05, 3.63) is 35.4 Å². The van der Waals surface area contributed by atoms with E-state index in [1.807, 2.05) is 21.9 Å². The van der Waals surface area contributed by atoms with Crippen LogP contribution in [0.2, 0.25) is 0 Å². The fraction of sp³-hybridized carbons (Fsp3) is 0.524. The molecular weight excluding hydrogens is 384 g/mol. The molecule has 158 valence electrons. The number of nitrogens with zero attached hydrogens (tertiary/aromatic N) is 4. The Morgan fingerprint density at radius 1 is 1.27 bits per heavy atom. The number of amides is 3. The molecule has 0 aromatic heterocycles. The van der Waals surface area contributed by atoms with Crippen molar-refractivity contribution >= 4 is 17.7 Å². The number of primary amides is 1. The Morgan fingerprint density at radius 2 is 2.00 bits per heavy atom. The van der Waals surface area contributed by atoms with E-state index >= 15 is 0 Å². The SMILES string of the molecule is N#C[C@@H]1CCCN1C(=O)[C@@H](N)CN1C[C@@H]2C[C@H]1C(=O)N2Cc1ccc(C(N)=O)cc1. The summed E-state index contributed by atoms with van der Waals surface area (Å²) in [6.07, 6.45) is 2.24. The fourth-order valence-corrected chi connectivity index (χ4v) is 4.82. The first-order valence-corrected chi connectivity index (χ1v) is 10.3. The molecule has 1 aromatic rings. The highest BCUT2D eigenvalue weighted by Gasteiger charge is 2.50. The van der Waals surface area contributed by atoms with E-state index in [2.05, 4.69) is 6.07 Å². The molecule has 0 unspecified atom stereocenters. The summed E-state index contributed by atoms with van der Waals surface area (Å²) in [6, 6.07) is 7.82. The van der Waals surface area contributed by atoms with Crippen LogP contribution in [0.5, 0.6) is 0 Å². The average molecular weight is 410 g/mol. The first-order chi connectivity index (χ1) is 14.4. The number of carbonyl (C=O) groups excluding carboxylic acids is 3. The van der Waals surface area contributed by atoms with Crippen LogP contribution in [0.1, 0.15) is 35.2 Å². The molecule has 3 saturated heterocycles. The first kappa shape index (κ1) is 20.3. The number of nitriles is 1. The van der Waals surface area contributed by atoms with Gasteiger partial charge in [0.2, 0.25) is 17.7 Å². The molecule has 2 bridgehead atoms. The summed E-state index contributed by atoms with van der Waals surface area (Å²) in [5, 5.41) is 9.20. The molecule has 3 aliphatic rings. The molecule has 0 saturated carbocycles. The second kappa shape index (κ2) is 8.05. The predicted octanol–water partition coefficient (Wildman–Crippen LogP) is -0.588. The number of nitrogens with two attached hydrogens (primary N) is 2. The highest BCUT2D eigenvalue weighted by atomic mass is 16.2. The van der Waals surface area contributed by atoms with Crippen molar-refractivity contribution in [1.29, 1.82) is 5.26 Å². The van der Waals surface area contributed by atoms with Gasteiger partial charge in [0.05, 0.1) is 18.2 Å². The maximum atomic E-state index is 12.9. The van der Waals surface area contributed by atoms with Gasteiger partial charge in [-0.25, -0.2) is 0 Å². The zero-order valence-corrected chi connectivity index (χ0v) is 16.7. The number of rotatable bonds is 6. The molecule has 3 aliphatic heterocycles. The third-order valence-electron chi connectivity index (χ3n) is 6.41. The topological polar surface area (TPSA) is 137 Å². The molecule has 0 spiro atoms. The van der Waals surface area contributed by atoms with Gasteiger partial charge in [-0.3, -0.25) is 19.3 Å². The molecule has 0 aliphatic carbocycles. The fourth-order valence-electron chi connectivity index (χ4n) is 4.82. The maximum absolute atomic E-state index is 12.9. The number of hydrogen-bond donors (Lipinski definition) is 2. The lowest BCUT2D eigenvalue weighted by molar-refractivity contribution is -0.139. The minimum Gasteiger partial charge on any atom is -0.366 e. The molecule has 9 heteroatoms. The second-order valence-electron chi connectivity index (χ2n) is 8.31. The van der Waals surface area contributed by atoms with Crippen LogP contribution in [0, 0.1) is 11.3 Å². The Labute approximate surface area is 175 Å². The van der Waals surface area contributed by atoms with Gasteiger partial charge in [0.25, 0.3) is 0 Å². The number of hydrogen-bond acceptors (Lipinski definition) is 6. The van der Waals surface area contributed by atoms with E-state index in [4.69, 9.17) is 11.5 Å². The highest BCUT2D eigenvalue weighted by molar-refractivity contribution is 5.92. The number of benzene rings is 1. The van der Waals surface area contributed by atoms with Crippen molar-refractivity contribution in [3.8, 4) is 6.07 Å². The summed E-state index contributed by atoms with van der Waals surface area (Å²) in [5.74, 6) is -0.643. The first-order valence-electron chi connectivity index (χ1n) is 10.3. The Kier molecular flexibility index (Phi) is 5.45. The van der Waals surface area contributed by atoms with Gasteiger partial charge < -0.3 is 21.3 Å². The normalized spacial score (nSPS) is 26.8. The van der Waals surface area contributed by atoms with Gasteiger partial charge in [-0.2, -0.15) is 5.26 Å². The Hall–Kier alpha value is -2.96. The Morgan fingerprint density at radius 3 is 2.63 bits per heavy atom. The zero-order valence-electron chi connectivity index (χ0n) is 16.7. The van der Waals surface area contributed by atoms with Gasteiger partial charge in [0.15, 0.2) is 0 Å². The van der Waals surface area contributed by atoms with Gasteiger partial charge >= 0.3 is 0 Å². The number of piperazine rings is 1. The van der Waals surface area contributed by atoms with Crippen LogP contribution in [0.3, 0.4) is 0 Å².